The number of imide groups is 1. The zero-order valence-electron chi connectivity index (χ0n) is 10.9. The number of nitrogens with zero attached hydrogens (tertiary/aromatic N) is 2. The van der Waals surface area contributed by atoms with Gasteiger partial charge in [0.05, 0.1) is 12.5 Å². The molecular weight excluding hydrogens is 248 g/mol. The molecule has 3 aliphatic rings. The molecule has 3 rings (SSSR count). The molecule has 1 aliphatic carbocycles. The van der Waals surface area contributed by atoms with E-state index in [1.54, 1.807) is 4.90 Å². The predicted molar refractivity (Wildman–Crippen MR) is 65.2 cm³/mol. The Bertz CT molecular complexity index is 446. The zero-order valence-corrected chi connectivity index (χ0v) is 10.9. The van der Waals surface area contributed by atoms with Gasteiger partial charge in [0.2, 0.25) is 11.8 Å². The van der Waals surface area contributed by atoms with Crippen LogP contribution in [0.1, 0.15) is 32.6 Å². The van der Waals surface area contributed by atoms with E-state index in [-0.39, 0.29) is 30.2 Å². The van der Waals surface area contributed by atoms with Gasteiger partial charge in [0.1, 0.15) is 6.04 Å². The van der Waals surface area contributed by atoms with Crippen molar-refractivity contribution in [1.82, 2.24) is 9.80 Å². The van der Waals surface area contributed by atoms with Crippen molar-refractivity contribution in [3.8, 4) is 0 Å². The minimum absolute atomic E-state index is 0.0235. The second kappa shape index (κ2) is 4.30. The van der Waals surface area contributed by atoms with Crippen LogP contribution in [0.25, 0.3) is 0 Å². The highest BCUT2D eigenvalue weighted by atomic mass is 16.4. The summed E-state index contributed by atoms with van der Waals surface area (Å²) < 4.78 is 0. The number of amides is 2. The maximum atomic E-state index is 12.3. The van der Waals surface area contributed by atoms with Crippen molar-refractivity contribution >= 4 is 17.8 Å². The van der Waals surface area contributed by atoms with Crippen LogP contribution in [0.2, 0.25) is 0 Å². The molecule has 1 saturated carbocycles. The second-order valence-electron chi connectivity index (χ2n) is 5.84. The fourth-order valence-corrected chi connectivity index (χ4v) is 3.32. The highest BCUT2D eigenvalue weighted by molar-refractivity contribution is 6.06. The quantitative estimate of drug-likeness (QED) is 0.731. The lowest BCUT2D eigenvalue weighted by atomic mass is 10.0. The first-order valence-corrected chi connectivity index (χ1v) is 6.85. The third-order valence-corrected chi connectivity index (χ3v) is 4.46. The van der Waals surface area contributed by atoms with Crippen LogP contribution in [0.4, 0.5) is 0 Å². The second-order valence-corrected chi connectivity index (χ2v) is 5.84. The molecule has 0 spiro atoms. The number of hydrogen-bond donors (Lipinski definition) is 1. The molecule has 6 heteroatoms. The number of rotatable bonds is 3. The Morgan fingerprint density at radius 1 is 1.26 bits per heavy atom. The van der Waals surface area contributed by atoms with Crippen LogP contribution in [0, 0.1) is 5.92 Å². The van der Waals surface area contributed by atoms with Crippen molar-refractivity contribution in [3.05, 3.63) is 0 Å². The minimum atomic E-state index is -0.893. The Balaban J connectivity index is 1.81. The first-order chi connectivity index (χ1) is 9.00. The molecule has 6 nitrogen and oxygen atoms in total. The van der Waals surface area contributed by atoms with Crippen molar-refractivity contribution in [2.75, 3.05) is 6.54 Å². The molecule has 104 valence electrons. The number of hydrogen-bond acceptors (Lipinski definition) is 4. The standard InChI is InChI=1S/C13H18N2O4/c1-7-4-5-14(11(7)13(18)19)9-6-10(16)15(12(9)17)8-2-3-8/h7-9,11H,2-6H2,1H3,(H,18,19). The lowest BCUT2D eigenvalue weighted by Crippen LogP contribution is -2.48. The lowest BCUT2D eigenvalue weighted by molar-refractivity contribution is -0.145. The van der Waals surface area contributed by atoms with E-state index in [4.69, 9.17) is 0 Å². The molecule has 2 heterocycles. The van der Waals surface area contributed by atoms with Gasteiger partial charge in [0.25, 0.3) is 0 Å². The summed E-state index contributed by atoms with van der Waals surface area (Å²) in [6.07, 6.45) is 2.69. The molecule has 2 aliphatic heterocycles. The van der Waals surface area contributed by atoms with Gasteiger partial charge in [0.15, 0.2) is 0 Å². The van der Waals surface area contributed by atoms with Gasteiger partial charge in [-0.25, -0.2) is 0 Å². The van der Waals surface area contributed by atoms with Gasteiger partial charge < -0.3 is 5.11 Å². The molecule has 1 N–H and O–H groups in total. The summed E-state index contributed by atoms with van der Waals surface area (Å²) in [7, 11) is 0. The Hall–Kier alpha value is -1.43. The number of carbonyl (C=O) groups excluding carboxylic acids is 2. The van der Waals surface area contributed by atoms with Crippen molar-refractivity contribution in [1.29, 1.82) is 0 Å². The van der Waals surface area contributed by atoms with Gasteiger partial charge in [-0.3, -0.25) is 24.2 Å². The highest BCUT2D eigenvalue weighted by Gasteiger charge is 2.52. The molecule has 0 aromatic heterocycles. The topological polar surface area (TPSA) is 77.9 Å². The fraction of sp³-hybridized carbons (Fsp3) is 0.769. The van der Waals surface area contributed by atoms with Crippen LogP contribution in [-0.4, -0.2) is 57.4 Å². The Morgan fingerprint density at radius 3 is 2.53 bits per heavy atom. The van der Waals surface area contributed by atoms with Gasteiger partial charge in [0, 0.05) is 12.6 Å². The van der Waals surface area contributed by atoms with E-state index in [1.165, 1.54) is 4.90 Å². The van der Waals surface area contributed by atoms with Crippen LogP contribution < -0.4 is 0 Å². The molecule has 0 aromatic carbocycles. The molecule has 0 aromatic rings. The van der Waals surface area contributed by atoms with E-state index in [0.717, 1.165) is 19.3 Å². The SMILES string of the molecule is CC1CCN(C2CC(=O)N(C3CC3)C2=O)C1C(=O)O. The van der Waals surface area contributed by atoms with Crippen molar-refractivity contribution < 1.29 is 19.5 Å². The van der Waals surface area contributed by atoms with E-state index in [0.29, 0.717) is 6.54 Å². The summed E-state index contributed by atoms with van der Waals surface area (Å²) in [5.41, 5.74) is 0. The fourth-order valence-electron chi connectivity index (χ4n) is 3.32. The predicted octanol–water partition coefficient (Wildman–Crippen LogP) is 0.0713. The van der Waals surface area contributed by atoms with Crippen LogP contribution in [0.15, 0.2) is 0 Å². The smallest absolute Gasteiger partial charge is 0.321 e. The van der Waals surface area contributed by atoms with Crippen LogP contribution >= 0.6 is 0 Å². The minimum Gasteiger partial charge on any atom is -0.480 e. The molecular formula is C13H18N2O4. The van der Waals surface area contributed by atoms with Crippen molar-refractivity contribution in [2.24, 2.45) is 5.92 Å². The van der Waals surface area contributed by atoms with Crippen LogP contribution in [-0.2, 0) is 14.4 Å². The Labute approximate surface area is 111 Å². The molecule has 3 atom stereocenters. The van der Waals surface area contributed by atoms with Crippen LogP contribution in [0.5, 0.6) is 0 Å². The highest BCUT2D eigenvalue weighted by Crippen LogP contribution is 2.36. The third kappa shape index (κ3) is 1.94. The molecule has 2 saturated heterocycles. The monoisotopic (exact) mass is 266 g/mol. The number of carboxylic acid groups (broad SMARTS) is 1. The largest absolute Gasteiger partial charge is 0.480 e. The maximum absolute atomic E-state index is 12.3. The van der Waals surface area contributed by atoms with Crippen LogP contribution in [0.3, 0.4) is 0 Å². The first-order valence-electron chi connectivity index (χ1n) is 6.85. The lowest BCUT2D eigenvalue weighted by Gasteiger charge is -2.27. The molecule has 3 unspecified atom stereocenters. The summed E-state index contributed by atoms with van der Waals surface area (Å²) >= 11 is 0. The summed E-state index contributed by atoms with van der Waals surface area (Å²) in [6, 6.07) is -1.12. The Morgan fingerprint density at radius 2 is 1.95 bits per heavy atom. The average Bonchev–Trinajstić information content (AvgIpc) is 3.01. The summed E-state index contributed by atoms with van der Waals surface area (Å²) in [6.45, 7) is 2.47. The Kier molecular flexibility index (Phi) is 2.85. The van der Waals surface area contributed by atoms with Gasteiger partial charge >= 0.3 is 5.97 Å². The van der Waals surface area contributed by atoms with Gasteiger partial charge in [-0.1, -0.05) is 6.92 Å². The van der Waals surface area contributed by atoms with E-state index in [9.17, 15) is 19.5 Å². The third-order valence-electron chi connectivity index (χ3n) is 4.46. The van der Waals surface area contributed by atoms with Gasteiger partial charge in [-0.2, -0.15) is 0 Å². The number of carbonyl (C=O) groups is 3. The van der Waals surface area contributed by atoms with Gasteiger partial charge in [-0.05, 0) is 25.2 Å². The number of likely N-dealkylation sites (tertiary alicyclic amines) is 2. The summed E-state index contributed by atoms with van der Waals surface area (Å²) in [5, 5.41) is 9.30. The number of carboxylic acids is 1. The molecule has 2 amide bonds. The first kappa shape index (κ1) is 12.6. The van der Waals surface area contributed by atoms with E-state index in [1.807, 2.05) is 6.92 Å². The van der Waals surface area contributed by atoms with Gasteiger partial charge in [-0.15, -0.1) is 0 Å². The molecule has 3 fully saturated rings. The molecule has 0 radical (unpaired) electrons. The maximum Gasteiger partial charge on any atom is 0.321 e. The van der Waals surface area contributed by atoms with E-state index >= 15 is 0 Å². The molecule has 0 bridgehead atoms. The number of aliphatic carboxylic acids is 1. The van der Waals surface area contributed by atoms with E-state index < -0.39 is 18.1 Å². The summed E-state index contributed by atoms with van der Waals surface area (Å²) in [4.78, 5) is 38.7. The zero-order chi connectivity index (χ0) is 13.7. The van der Waals surface area contributed by atoms with E-state index in [2.05, 4.69) is 0 Å². The molecule has 19 heavy (non-hydrogen) atoms. The van der Waals surface area contributed by atoms with Crippen molar-refractivity contribution in [2.45, 2.75) is 50.7 Å². The van der Waals surface area contributed by atoms with Crippen molar-refractivity contribution in [3.63, 3.8) is 0 Å². The average molecular weight is 266 g/mol. The normalized spacial score (nSPS) is 36.3. The summed E-state index contributed by atoms with van der Waals surface area (Å²) in [5.74, 6) is -1.19.